The summed E-state index contributed by atoms with van der Waals surface area (Å²) in [5, 5.41) is 0.837. The second-order valence-electron chi connectivity index (χ2n) is 2.69. The first-order valence-corrected chi connectivity index (χ1v) is 4.36. The Morgan fingerprint density at radius 2 is 2.38 bits per heavy atom. The smallest absolute Gasteiger partial charge is 0.152 e. The molecule has 13 heavy (non-hydrogen) atoms. The second-order valence-corrected chi connectivity index (χ2v) is 2.96. The summed E-state index contributed by atoms with van der Waals surface area (Å²) in [6, 6.07) is 3.66. The Morgan fingerprint density at radius 3 is 3.08 bits per heavy atom. The van der Waals surface area contributed by atoms with E-state index in [2.05, 4.69) is 9.97 Å². The summed E-state index contributed by atoms with van der Waals surface area (Å²) in [6.45, 7) is 0. The number of H-pyrrole nitrogens is 1. The quantitative estimate of drug-likeness (QED) is 0.588. The summed E-state index contributed by atoms with van der Waals surface area (Å²) in [7, 11) is 0. The third-order valence-corrected chi connectivity index (χ3v) is 2.17. The molecule has 4 heteroatoms. The van der Waals surface area contributed by atoms with Gasteiger partial charge in [0, 0.05) is 17.1 Å². The molecule has 0 spiro atoms. The molecule has 66 valence electrons. The minimum atomic E-state index is 0.380. The number of halogens is 1. The number of rotatable bonds is 2. The van der Waals surface area contributed by atoms with Crippen LogP contribution in [0.3, 0.4) is 0 Å². The molecule has 0 unspecified atom stereocenters. The number of hydrogen-bond donors (Lipinski definition) is 1. The number of pyridine rings is 1. The van der Waals surface area contributed by atoms with Gasteiger partial charge in [-0.3, -0.25) is 4.79 Å². The number of aldehydes is 1. The van der Waals surface area contributed by atoms with Gasteiger partial charge in [0.1, 0.15) is 5.65 Å². The Hall–Kier alpha value is -1.35. The van der Waals surface area contributed by atoms with Gasteiger partial charge in [0.25, 0.3) is 0 Å². The fourth-order valence-electron chi connectivity index (χ4n) is 1.24. The van der Waals surface area contributed by atoms with E-state index in [0.29, 0.717) is 17.1 Å². The van der Waals surface area contributed by atoms with Crippen molar-refractivity contribution in [3.63, 3.8) is 0 Å². The van der Waals surface area contributed by atoms with Crippen molar-refractivity contribution in [2.75, 3.05) is 0 Å². The van der Waals surface area contributed by atoms with E-state index < -0.39 is 0 Å². The predicted molar refractivity (Wildman–Crippen MR) is 51.0 cm³/mol. The van der Waals surface area contributed by atoms with E-state index in [0.717, 1.165) is 17.4 Å². The number of nitrogens with zero attached hydrogens (tertiary/aromatic N) is 1. The van der Waals surface area contributed by atoms with Gasteiger partial charge in [0.2, 0.25) is 0 Å². The largest absolute Gasteiger partial charge is 0.345 e. The van der Waals surface area contributed by atoms with Crippen LogP contribution in [0, 0.1) is 0 Å². The summed E-state index contributed by atoms with van der Waals surface area (Å²) in [5.41, 5.74) is 2.14. The zero-order valence-corrected chi connectivity index (χ0v) is 7.51. The molecule has 0 aliphatic rings. The third kappa shape index (κ3) is 1.31. The van der Waals surface area contributed by atoms with Crippen LogP contribution in [0.15, 0.2) is 18.3 Å². The van der Waals surface area contributed by atoms with Crippen LogP contribution in [0.25, 0.3) is 11.0 Å². The van der Waals surface area contributed by atoms with Crippen LogP contribution in [0.4, 0.5) is 0 Å². The SMILES string of the molecule is O=Cc1c[nH]c2nc(CCl)ccc12. The number of fused-ring (bicyclic) bond motifs is 1. The maximum absolute atomic E-state index is 10.6. The number of nitrogens with one attached hydrogen (secondary N) is 1. The van der Waals surface area contributed by atoms with Gasteiger partial charge < -0.3 is 4.98 Å². The third-order valence-electron chi connectivity index (χ3n) is 1.89. The molecule has 0 aliphatic heterocycles. The zero-order valence-electron chi connectivity index (χ0n) is 6.75. The van der Waals surface area contributed by atoms with Crippen molar-refractivity contribution < 1.29 is 4.79 Å². The number of alkyl halides is 1. The lowest BCUT2D eigenvalue weighted by Crippen LogP contribution is -1.85. The van der Waals surface area contributed by atoms with Gasteiger partial charge in [-0.15, -0.1) is 11.6 Å². The van der Waals surface area contributed by atoms with E-state index in [1.54, 1.807) is 6.20 Å². The van der Waals surface area contributed by atoms with E-state index in [1.165, 1.54) is 0 Å². The Morgan fingerprint density at radius 1 is 1.54 bits per heavy atom. The number of hydrogen-bond acceptors (Lipinski definition) is 2. The summed E-state index contributed by atoms with van der Waals surface area (Å²) in [6.07, 6.45) is 2.45. The average molecular weight is 195 g/mol. The van der Waals surface area contributed by atoms with Crippen molar-refractivity contribution in [2.45, 2.75) is 5.88 Å². The zero-order chi connectivity index (χ0) is 9.26. The lowest BCUT2D eigenvalue weighted by molar-refractivity contribution is 0.112. The number of aromatic amines is 1. The van der Waals surface area contributed by atoms with Gasteiger partial charge in [-0.05, 0) is 12.1 Å². The van der Waals surface area contributed by atoms with E-state index >= 15 is 0 Å². The molecule has 0 atom stereocenters. The molecule has 3 nitrogen and oxygen atoms in total. The van der Waals surface area contributed by atoms with Crippen LogP contribution in [-0.4, -0.2) is 16.3 Å². The molecular formula is C9H7ClN2O. The fraction of sp³-hybridized carbons (Fsp3) is 0.111. The highest BCUT2D eigenvalue weighted by Gasteiger charge is 2.03. The Bertz CT molecular complexity index is 450. The molecule has 2 heterocycles. The molecule has 2 aromatic rings. The molecule has 0 aliphatic carbocycles. The van der Waals surface area contributed by atoms with E-state index in [1.807, 2.05) is 12.1 Å². The van der Waals surface area contributed by atoms with Crippen molar-refractivity contribution in [3.05, 3.63) is 29.6 Å². The molecule has 0 bridgehead atoms. The maximum Gasteiger partial charge on any atom is 0.152 e. The minimum Gasteiger partial charge on any atom is -0.345 e. The summed E-state index contributed by atoms with van der Waals surface area (Å²) >= 11 is 5.62. The highest BCUT2D eigenvalue weighted by molar-refractivity contribution is 6.17. The first-order chi connectivity index (χ1) is 6.35. The van der Waals surface area contributed by atoms with Crippen molar-refractivity contribution in [1.29, 1.82) is 0 Å². The molecule has 2 aromatic heterocycles. The predicted octanol–water partition coefficient (Wildman–Crippen LogP) is 2.11. The molecule has 0 radical (unpaired) electrons. The first kappa shape index (κ1) is 8.26. The summed E-state index contributed by atoms with van der Waals surface area (Å²) < 4.78 is 0. The number of aromatic nitrogens is 2. The van der Waals surface area contributed by atoms with Crippen LogP contribution in [0.2, 0.25) is 0 Å². The van der Waals surface area contributed by atoms with E-state index in [9.17, 15) is 4.79 Å². The number of carbonyl (C=O) groups is 1. The van der Waals surface area contributed by atoms with Crippen LogP contribution in [0.1, 0.15) is 16.1 Å². The highest BCUT2D eigenvalue weighted by atomic mass is 35.5. The normalized spacial score (nSPS) is 10.5. The van der Waals surface area contributed by atoms with E-state index in [-0.39, 0.29) is 0 Å². The lowest BCUT2D eigenvalue weighted by Gasteiger charge is -1.94. The van der Waals surface area contributed by atoms with Crippen molar-refractivity contribution >= 4 is 28.9 Å². The van der Waals surface area contributed by atoms with E-state index in [4.69, 9.17) is 11.6 Å². The lowest BCUT2D eigenvalue weighted by atomic mass is 10.2. The fourth-order valence-corrected chi connectivity index (χ4v) is 1.39. The molecule has 0 saturated carbocycles. The molecular weight excluding hydrogens is 188 g/mol. The van der Waals surface area contributed by atoms with Crippen molar-refractivity contribution in [2.24, 2.45) is 0 Å². The first-order valence-electron chi connectivity index (χ1n) is 3.83. The van der Waals surface area contributed by atoms with Crippen molar-refractivity contribution in [1.82, 2.24) is 9.97 Å². The van der Waals surface area contributed by atoms with Gasteiger partial charge >= 0.3 is 0 Å². The van der Waals surface area contributed by atoms with Gasteiger partial charge in [0.15, 0.2) is 6.29 Å². The molecule has 0 fully saturated rings. The topological polar surface area (TPSA) is 45.8 Å². The molecule has 0 aromatic carbocycles. The molecule has 1 N–H and O–H groups in total. The molecule has 0 amide bonds. The summed E-state index contributed by atoms with van der Waals surface area (Å²) in [5.74, 6) is 0.380. The second kappa shape index (κ2) is 3.18. The Labute approximate surface area is 79.7 Å². The molecule has 0 saturated heterocycles. The standard InChI is InChI=1S/C9H7ClN2O/c10-3-7-1-2-8-6(5-13)4-11-9(8)12-7/h1-2,4-5H,3H2,(H,11,12). The van der Waals surface area contributed by atoms with Crippen LogP contribution in [0.5, 0.6) is 0 Å². The number of carbonyl (C=O) groups excluding carboxylic acids is 1. The van der Waals surface area contributed by atoms with Gasteiger partial charge in [0.05, 0.1) is 11.6 Å². The average Bonchev–Trinajstić information content (AvgIpc) is 2.59. The van der Waals surface area contributed by atoms with Gasteiger partial charge in [-0.1, -0.05) is 0 Å². The Balaban J connectivity index is 2.67. The van der Waals surface area contributed by atoms with Gasteiger partial charge in [-0.2, -0.15) is 0 Å². The van der Waals surface area contributed by atoms with Crippen LogP contribution < -0.4 is 0 Å². The van der Waals surface area contributed by atoms with Gasteiger partial charge in [-0.25, -0.2) is 4.98 Å². The Kier molecular flexibility index (Phi) is 2.02. The summed E-state index contributed by atoms with van der Waals surface area (Å²) in [4.78, 5) is 17.7. The highest BCUT2D eigenvalue weighted by Crippen LogP contribution is 2.15. The molecule has 2 rings (SSSR count). The van der Waals surface area contributed by atoms with Crippen LogP contribution in [-0.2, 0) is 5.88 Å². The van der Waals surface area contributed by atoms with Crippen LogP contribution >= 0.6 is 11.6 Å². The van der Waals surface area contributed by atoms with Crippen molar-refractivity contribution in [3.8, 4) is 0 Å². The maximum atomic E-state index is 10.6. The monoisotopic (exact) mass is 194 g/mol. The minimum absolute atomic E-state index is 0.380.